The molecule has 0 rings (SSSR count). The van der Waals surface area contributed by atoms with Crippen LogP contribution in [0, 0.1) is 10.1 Å². The summed E-state index contributed by atoms with van der Waals surface area (Å²) in [6.07, 6.45) is -1.30. The minimum atomic E-state index is -1.49. The monoisotopic (exact) mass is 220 g/mol. The van der Waals surface area contributed by atoms with Crippen molar-refractivity contribution in [3.8, 4) is 0 Å². The Labute approximate surface area is 85.5 Å². The standard InChI is InChI=1S/C7H12N2O6/c1-7(2,3)15-6(12)8(9(13)14)4-5(10)11/h4H2,1-3H3,(H,10,11). The summed E-state index contributed by atoms with van der Waals surface area (Å²) >= 11 is 0. The van der Waals surface area contributed by atoms with E-state index in [1.165, 1.54) is 20.8 Å². The van der Waals surface area contributed by atoms with Crippen molar-refractivity contribution in [3.63, 3.8) is 0 Å². The number of nitro groups is 1. The molecule has 0 unspecified atom stereocenters. The molecule has 0 spiro atoms. The van der Waals surface area contributed by atoms with Crippen LogP contribution in [-0.4, -0.2) is 39.4 Å². The second kappa shape index (κ2) is 4.58. The van der Waals surface area contributed by atoms with Gasteiger partial charge in [0, 0.05) is 0 Å². The molecule has 0 fully saturated rings. The second-order valence-electron chi connectivity index (χ2n) is 3.67. The quantitative estimate of drug-likeness (QED) is 0.547. The van der Waals surface area contributed by atoms with Gasteiger partial charge in [0.05, 0.1) is 0 Å². The number of rotatable bonds is 3. The van der Waals surface area contributed by atoms with Crippen molar-refractivity contribution in [1.82, 2.24) is 5.01 Å². The predicted molar refractivity (Wildman–Crippen MR) is 47.6 cm³/mol. The van der Waals surface area contributed by atoms with Gasteiger partial charge < -0.3 is 9.84 Å². The molecule has 0 aliphatic heterocycles. The first kappa shape index (κ1) is 13.1. The van der Waals surface area contributed by atoms with Crippen molar-refractivity contribution < 1.29 is 24.5 Å². The lowest BCUT2D eigenvalue weighted by atomic mass is 10.2. The van der Waals surface area contributed by atoms with Crippen LogP contribution < -0.4 is 0 Å². The zero-order valence-corrected chi connectivity index (χ0v) is 8.59. The van der Waals surface area contributed by atoms with Crippen LogP contribution in [0.5, 0.6) is 0 Å². The Hall–Kier alpha value is -1.86. The summed E-state index contributed by atoms with van der Waals surface area (Å²) in [6.45, 7) is 3.51. The van der Waals surface area contributed by atoms with E-state index < -0.39 is 29.2 Å². The largest absolute Gasteiger partial charge is 0.480 e. The Balaban J connectivity index is 4.57. The molecule has 0 atom stereocenters. The van der Waals surface area contributed by atoms with Crippen molar-refractivity contribution in [1.29, 1.82) is 0 Å². The Morgan fingerprint density at radius 3 is 2.20 bits per heavy atom. The van der Waals surface area contributed by atoms with E-state index >= 15 is 0 Å². The Bertz CT molecular complexity index is 282. The number of carboxylic acids is 1. The number of nitrogens with zero attached hydrogens (tertiary/aromatic N) is 2. The lowest BCUT2D eigenvalue weighted by Crippen LogP contribution is -2.43. The van der Waals surface area contributed by atoms with Gasteiger partial charge in [0.25, 0.3) is 0 Å². The minimum absolute atomic E-state index is 0.104. The fraction of sp³-hybridized carbons (Fsp3) is 0.714. The van der Waals surface area contributed by atoms with Crippen molar-refractivity contribution in [3.05, 3.63) is 10.1 Å². The predicted octanol–water partition coefficient (Wildman–Crippen LogP) is 0.500. The molecule has 0 saturated carbocycles. The van der Waals surface area contributed by atoms with Gasteiger partial charge in [-0.15, -0.1) is 0 Å². The smallest absolute Gasteiger partial charge is 0.469 e. The minimum Gasteiger partial charge on any atom is -0.480 e. The number of carbonyl (C=O) groups is 2. The lowest BCUT2D eigenvalue weighted by Gasteiger charge is -2.20. The molecule has 1 N–H and O–H groups in total. The molecule has 0 saturated heterocycles. The maximum atomic E-state index is 11.1. The fourth-order valence-electron chi connectivity index (χ4n) is 0.632. The summed E-state index contributed by atoms with van der Waals surface area (Å²) in [5.41, 5.74) is -0.913. The topological polar surface area (TPSA) is 110 Å². The molecule has 0 aromatic carbocycles. The first-order valence-corrected chi connectivity index (χ1v) is 4.00. The summed E-state index contributed by atoms with van der Waals surface area (Å²) in [5, 5.41) is 17.4. The molecule has 0 aliphatic carbocycles. The van der Waals surface area contributed by atoms with Crippen LogP contribution >= 0.6 is 0 Å². The highest BCUT2D eigenvalue weighted by molar-refractivity contribution is 5.75. The van der Waals surface area contributed by atoms with Crippen LogP contribution in [-0.2, 0) is 9.53 Å². The molecule has 86 valence electrons. The Morgan fingerprint density at radius 2 is 1.93 bits per heavy atom. The molecular weight excluding hydrogens is 208 g/mol. The zero-order chi connectivity index (χ0) is 12.2. The van der Waals surface area contributed by atoms with E-state index in [1.807, 2.05) is 0 Å². The highest BCUT2D eigenvalue weighted by atomic mass is 16.7. The van der Waals surface area contributed by atoms with Gasteiger partial charge in [-0.2, -0.15) is 0 Å². The number of carboxylic acid groups (broad SMARTS) is 1. The lowest BCUT2D eigenvalue weighted by molar-refractivity contribution is -0.633. The highest BCUT2D eigenvalue weighted by Gasteiger charge is 2.32. The number of aliphatic carboxylic acids is 1. The number of hydrogen-bond donors (Lipinski definition) is 1. The SMILES string of the molecule is CC(C)(C)OC(=O)N(CC(=O)O)[N+](=O)[O-]. The molecule has 0 radical (unpaired) electrons. The third-order valence-electron chi connectivity index (χ3n) is 1.09. The average molecular weight is 220 g/mol. The van der Waals surface area contributed by atoms with E-state index in [9.17, 15) is 19.7 Å². The Morgan fingerprint density at radius 1 is 1.47 bits per heavy atom. The molecule has 0 aromatic rings. The fourth-order valence-corrected chi connectivity index (χ4v) is 0.632. The first-order valence-electron chi connectivity index (χ1n) is 4.00. The molecule has 8 nitrogen and oxygen atoms in total. The van der Waals surface area contributed by atoms with Crippen LogP contribution in [0.4, 0.5) is 4.79 Å². The zero-order valence-electron chi connectivity index (χ0n) is 8.59. The number of hydrazine groups is 1. The van der Waals surface area contributed by atoms with Crippen LogP contribution in [0.15, 0.2) is 0 Å². The van der Waals surface area contributed by atoms with E-state index in [1.54, 1.807) is 0 Å². The average Bonchev–Trinajstić information content (AvgIpc) is 1.95. The molecule has 1 amide bonds. The molecule has 0 aliphatic rings. The molecule has 0 aromatic heterocycles. The number of amides is 1. The summed E-state index contributed by atoms with van der Waals surface area (Å²) in [4.78, 5) is 31.7. The van der Waals surface area contributed by atoms with Crippen molar-refractivity contribution >= 4 is 12.1 Å². The van der Waals surface area contributed by atoms with Crippen LogP contribution in [0.3, 0.4) is 0 Å². The van der Waals surface area contributed by atoms with E-state index in [4.69, 9.17) is 5.11 Å². The molecule has 8 heteroatoms. The normalized spacial score (nSPS) is 10.6. The summed E-state index contributed by atoms with van der Waals surface area (Å²) < 4.78 is 4.64. The maximum absolute atomic E-state index is 11.1. The summed E-state index contributed by atoms with van der Waals surface area (Å²) in [6, 6.07) is 0. The van der Waals surface area contributed by atoms with Gasteiger partial charge in [-0.05, 0) is 25.8 Å². The second-order valence-corrected chi connectivity index (χ2v) is 3.67. The van der Waals surface area contributed by atoms with Gasteiger partial charge in [0.15, 0.2) is 11.6 Å². The van der Waals surface area contributed by atoms with Gasteiger partial charge in [0.2, 0.25) is 0 Å². The number of ether oxygens (including phenoxy) is 1. The van der Waals surface area contributed by atoms with Crippen molar-refractivity contribution in [2.45, 2.75) is 26.4 Å². The third kappa shape index (κ3) is 5.45. The summed E-state index contributed by atoms with van der Waals surface area (Å²) in [7, 11) is 0. The third-order valence-corrected chi connectivity index (χ3v) is 1.09. The Kier molecular flexibility index (Phi) is 4.01. The summed E-state index contributed by atoms with van der Waals surface area (Å²) in [5.74, 6) is -1.49. The number of hydrogen-bond acceptors (Lipinski definition) is 5. The van der Waals surface area contributed by atoms with Crippen LogP contribution in [0.2, 0.25) is 0 Å². The molecule has 0 heterocycles. The van der Waals surface area contributed by atoms with Gasteiger partial charge in [-0.25, -0.2) is 14.9 Å². The van der Waals surface area contributed by atoms with Gasteiger partial charge in [-0.3, -0.25) is 4.79 Å². The first-order chi connectivity index (χ1) is 6.63. The molecule has 15 heavy (non-hydrogen) atoms. The van der Waals surface area contributed by atoms with Crippen LogP contribution in [0.1, 0.15) is 20.8 Å². The van der Waals surface area contributed by atoms with E-state index in [0.717, 1.165) is 0 Å². The van der Waals surface area contributed by atoms with Crippen molar-refractivity contribution in [2.75, 3.05) is 6.54 Å². The van der Waals surface area contributed by atoms with Gasteiger partial charge >= 0.3 is 12.1 Å². The van der Waals surface area contributed by atoms with Gasteiger partial charge in [0.1, 0.15) is 5.60 Å². The van der Waals surface area contributed by atoms with E-state index in [2.05, 4.69) is 4.74 Å². The van der Waals surface area contributed by atoms with Crippen LogP contribution in [0.25, 0.3) is 0 Å². The molecular formula is C7H12N2O6. The number of carbonyl (C=O) groups excluding carboxylic acids is 1. The highest BCUT2D eigenvalue weighted by Crippen LogP contribution is 2.09. The maximum Gasteiger partial charge on any atom is 0.469 e. The van der Waals surface area contributed by atoms with Gasteiger partial charge in [-0.1, -0.05) is 0 Å². The van der Waals surface area contributed by atoms with E-state index in [0.29, 0.717) is 0 Å². The van der Waals surface area contributed by atoms with E-state index in [-0.39, 0.29) is 5.01 Å². The van der Waals surface area contributed by atoms with Crippen molar-refractivity contribution in [2.24, 2.45) is 0 Å². The molecule has 0 bridgehead atoms.